The number of nitrogens with one attached hydrogen (secondary N) is 1. The molecule has 2 amide bonds. The Kier molecular flexibility index (Phi) is 7.49. The van der Waals surface area contributed by atoms with Crippen molar-refractivity contribution in [3.05, 3.63) is 89.2 Å². The van der Waals surface area contributed by atoms with E-state index in [2.05, 4.69) is 10.3 Å². The molecule has 0 aliphatic carbocycles. The molecule has 0 bridgehead atoms. The highest BCUT2D eigenvalue weighted by Crippen LogP contribution is 2.31. The molecule has 1 heterocycles. The van der Waals surface area contributed by atoms with Gasteiger partial charge >= 0.3 is 0 Å². The first kappa shape index (κ1) is 23.8. The number of hydrogen-bond acceptors (Lipinski definition) is 5. The van der Waals surface area contributed by atoms with E-state index in [9.17, 15) is 14.0 Å². The highest BCUT2D eigenvalue weighted by atomic mass is 35.5. The van der Waals surface area contributed by atoms with Crippen LogP contribution in [0.4, 0.5) is 15.8 Å². The molecular formula is C25H21ClFN3O3S. The van der Waals surface area contributed by atoms with E-state index in [-0.39, 0.29) is 18.2 Å². The Balaban J connectivity index is 1.58. The summed E-state index contributed by atoms with van der Waals surface area (Å²) >= 11 is 7.20. The lowest BCUT2D eigenvalue weighted by molar-refractivity contribution is -0.129. The van der Waals surface area contributed by atoms with E-state index in [1.807, 2.05) is 24.3 Å². The summed E-state index contributed by atoms with van der Waals surface area (Å²) in [5.41, 5.74) is 1.96. The monoisotopic (exact) mass is 497 g/mol. The molecule has 34 heavy (non-hydrogen) atoms. The number of thioether (sulfide) groups is 1. The highest BCUT2D eigenvalue weighted by molar-refractivity contribution is 8.15. The number of ether oxygens (including phenoxy) is 1. The normalized spacial score (nSPS) is 17.0. The fourth-order valence-corrected chi connectivity index (χ4v) is 4.52. The van der Waals surface area contributed by atoms with Gasteiger partial charge in [0, 0.05) is 17.1 Å². The molecule has 0 radical (unpaired) electrons. The van der Waals surface area contributed by atoms with Crippen LogP contribution in [0.2, 0.25) is 5.02 Å². The van der Waals surface area contributed by atoms with E-state index in [0.29, 0.717) is 28.1 Å². The summed E-state index contributed by atoms with van der Waals surface area (Å²) in [5, 5.41) is 3.04. The number of carbonyl (C=O) groups excluding carboxylic acids is 2. The van der Waals surface area contributed by atoms with Crippen molar-refractivity contribution in [3.63, 3.8) is 0 Å². The van der Waals surface area contributed by atoms with E-state index in [1.54, 1.807) is 36.3 Å². The smallest absolute Gasteiger partial charge is 0.238 e. The van der Waals surface area contributed by atoms with Crippen LogP contribution < -0.4 is 10.1 Å². The van der Waals surface area contributed by atoms with Gasteiger partial charge in [0.15, 0.2) is 5.17 Å². The van der Waals surface area contributed by atoms with Gasteiger partial charge < -0.3 is 10.1 Å². The summed E-state index contributed by atoms with van der Waals surface area (Å²) < 4.78 is 18.4. The van der Waals surface area contributed by atoms with E-state index >= 15 is 0 Å². The number of methoxy groups -OCH3 is 1. The van der Waals surface area contributed by atoms with E-state index < -0.39 is 11.1 Å². The largest absolute Gasteiger partial charge is 0.497 e. The van der Waals surface area contributed by atoms with Gasteiger partial charge in [-0.05, 0) is 66.2 Å². The Morgan fingerprint density at radius 1 is 1.12 bits per heavy atom. The molecule has 1 atom stereocenters. The molecule has 174 valence electrons. The van der Waals surface area contributed by atoms with Crippen LogP contribution in [0, 0.1) is 5.82 Å². The second-order valence-electron chi connectivity index (χ2n) is 7.51. The molecule has 1 N–H and O–H groups in total. The molecule has 6 nitrogen and oxygen atoms in total. The zero-order valence-electron chi connectivity index (χ0n) is 18.2. The first-order chi connectivity index (χ1) is 16.4. The topological polar surface area (TPSA) is 71.0 Å². The van der Waals surface area contributed by atoms with Crippen molar-refractivity contribution in [2.45, 2.75) is 18.2 Å². The van der Waals surface area contributed by atoms with Gasteiger partial charge in [0.1, 0.15) is 16.8 Å². The Morgan fingerprint density at radius 3 is 2.44 bits per heavy atom. The van der Waals surface area contributed by atoms with Gasteiger partial charge in [0.05, 0.1) is 19.3 Å². The van der Waals surface area contributed by atoms with Gasteiger partial charge in [-0.1, -0.05) is 35.5 Å². The van der Waals surface area contributed by atoms with E-state index in [4.69, 9.17) is 16.3 Å². The van der Waals surface area contributed by atoms with Crippen molar-refractivity contribution in [1.29, 1.82) is 0 Å². The van der Waals surface area contributed by atoms with Gasteiger partial charge in [-0.2, -0.15) is 0 Å². The maximum Gasteiger partial charge on any atom is 0.238 e. The van der Waals surface area contributed by atoms with Crippen LogP contribution in [-0.4, -0.2) is 34.2 Å². The second-order valence-corrected chi connectivity index (χ2v) is 9.11. The molecule has 0 aromatic heterocycles. The maximum absolute atomic E-state index is 13.2. The van der Waals surface area contributed by atoms with Crippen LogP contribution in [0.25, 0.3) is 0 Å². The van der Waals surface area contributed by atoms with Gasteiger partial charge in [0.25, 0.3) is 0 Å². The maximum atomic E-state index is 13.2. The summed E-state index contributed by atoms with van der Waals surface area (Å²) in [7, 11) is 1.59. The lowest BCUT2D eigenvalue weighted by Gasteiger charge is -2.32. The minimum atomic E-state index is -0.685. The number of amides is 2. The summed E-state index contributed by atoms with van der Waals surface area (Å²) in [6.45, 7) is 0.300. The van der Waals surface area contributed by atoms with Crippen LogP contribution in [0.5, 0.6) is 5.75 Å². The van der Waals surface area contributed by atoms with Gasteiger partial charge in [-0.25, -0.2) is 9.38 Å². The standard InChI is InChI=1S/C25H21ClFN3O3S/c1-33-21-12-2-16(3-13-21)15-30-23(31)14-22(24(32)28-19-10-6-18(27)7-11-19)34-25(30)29-20-8-4-17(26)5-9-20/h2-13,22H,14-15H2,1H3,(H,28,32). The second kappa shape index (κ2) is 10.7. The van der Waals surface area contributed by atoms with Crippen LogP contribution in [0.1, 0.15) is 12.0 Å². The number of hydrogen-bond donors (Lipinski definition) is 1. The third-order valence-corrected chi connectivity index (χ3v) is 6.53. The van der Waals surface area contributed by atoms with Crippen LogP contribution in [-0.2, 0) is 16.1 Å². The molecule has 3 aromatic carbocycles. The third kappa shape index (κ3) is 5.95. The first-order valence-electron chi connectivity index (χ1n) is 10.4. The van der Waals surface area contributed by atoms with E-state index in [0.717, 1.165) is 11.3 Å². The number of halogens is 2. The fraction of sp³-hybridized carbons (Fsp3) is 0.160. The van der Waals surface area contributed by atoms with Gasteiger partial charge in [0.2, 0.25) is 11.8 Å². The molecule has 0 saturated carbocycles. The van der Waals surface area contributed by atoms with Crippen molar-refractivity contribution >= 4 is 51.7 Å². The number of rotatable bonds is 6. The number of amidine groups is 1. The number of anilines is 1. The Labute approximate surface area is 205 Å². The molecule has 1 aliphatic heterocycles. The lowest BCUT2D eigenvalue weighted by Crippen LogP contribution is -2.44. The fourth-order valence-electron chi connectivity index (χ4n) is 3.29. The van der Waals surface area contributed by atoms with Crippen molar-refractivity contribution in [1.82, 2.24) is 4.90 Å². The summed E-state index contributed by atoms with van der Waals surface area (Å²) in [6, 6.07) is 19.8. The lowest BCUT2D eigenvalue weighted by atomic mass is 10.2. The zero-order valence-corrected chi connectivity index (χ0v) is 19.8. The van der Waals surface area contributed by atoms with Gasteiger partial charge in [-0.3, -0.25) is 14.5 Å². The predicted octanol–water partition coefficient (Wildman–Crippen LogP) is 5.65. The van der Waals surface area contributed by atoms with Crippen molar-refractivity contribution in [3.8, 4) is 5.75 Å². The number of benzene rings is 3. The predicted molar refractivity (Wildman–Crippen MR) is 133 cm³/mol. The Hall–Kier alpha value is -3.36. The molecular weight excluding hydrogens is 477 g/mol. The van der Waals surface area contributed by atoms with Crippen molar-refractivity contribution < 1.29 is 18.7 Å². The van der Waals surface area contributed by atoms with Crippen molar-refractivity contribution in [2.75, 3.05) is 12.4 Å². The molecule has 1 unspecified atom stereocenters. The molecule has 1 fully saturated rings. The highest BCUT2D eigenvalue weighted by Gasteiger charge is 2.36. The van der Waals surface area contributed by atoms with Crippen LogP contribution >= 0.6 is 23.4 Å². The number of aliphatic imine (C=N–C) groups is 1. The molecule has 4 rings (SSSR count). The van der Waals surface area contributed by atoms with Crippen LogP contribution in [0.3, 0.4) is 0 Å². The SMILES string of the molecule is COc1ccc(CN2C(=O)CC(C(=O)Nc3ccc(F)cc3)SC2=Nc2ccc(Cl)cc2)cc1. The number of nitrogens with zero attached hydrogens (tertiary/aromatic N) is 2. The van der Waals surface area contributed by atoms with Gasteiger partial charge in [-0.15, -0.1) is 0 Å². The summed E-state index contributed by atoms with van der Waals surface area (Å²) in [6.07, 6.45) is 0.00743. The Morgan fingerprint density at radius 2 is 1.79 bits per heavy atom. The molecule has 9 heteroatoms. The third-order valence-electron chi connectivity index (χ3n) is 5.09. The molecule has 3 aromatic rings. The minimum absolute atomic E-state index is 0.00743. The quantitative estimate of drug-likeness (QED) is 0.478. The van der Waals surface area contributed by atoms with E-state index in [1.165, 1.54) is 36.0 Å². The Bertz CT molecular complexity index is 1200. The molecule has 1 aliphatic rings. The average Bonchev–Trinajstić information content (AvgIpc) is 2.84. The average molecular weight is 498 g/mol. The minimum Gasteiger partial charge on any atom is -0.497 e. The first-order valence-corrected chi connectivity index (χ1v) is 11.7. The molecule has 0 spiro atoms. The summed E-state index contributed by atoms with van der Waals surface area (Å²) in [4.78, 5) is 32.3. The van der Waals surface area contributed by atoms with Crippen LogP contribution in [0.15, 0.2) is 77.8 Å². The number of carbonyl (C=O) groups is 2. The zero-order chi connectivity index (χ0) is 24.1. The molecule has 1 saturated heterocycles. The summed E-state index contributed by atoms with van der Waals surface area (Å²) in [5.74, 6) is -0.248. The van der Waals surface area contributed by atoms with Crippen molar-refractivity contribution in [2.24, 2.45) is 4.99 Å².